The van der Waals surface area contributed by atoms with Gasteiger partial charge in [0.05, 0.1) is 22.7 Å². The van der Waals surface area contributed by atoms with Crippen molar-refractivity contribution in [3.8, 4) is 11.8 Å². The predicted octanol–water partition coefficient (Wildman–Crippen LogP) is 4.98. The Hall–Kier alpha value is -3.93. The molecule has 1 saturated heterocycles. The number of amides is 2. The highest BCUT2D eigenvalue weighted by Crippen LogP contribution is 2.33. The number of para-hydroxylation sites is 1. The number of hydrogen-bond donors (Lipinski definition) is 1. The van der Waals surface area contributed by atoms with Crippen LogP contribution < -0.4 is 10.1 Å². The third kappa shape index (κ3) is 5.70. The largest absolute Gasteiger partial charge is 0.484 e. The lowest BCUT2D eigenvalue weighted by molar-refractivity contribution is -0.122. The number of rotatable bonds is 7. The van der Waals surface area contributed by atoms with Crippen molar-refractivity contribution in [1.29, 1.82) is 5.26 Å². The number of nitriles is 1. The van der Waals surface area contributed by atoms with Crippen molar-refractivity contribution < 1.29 is 14.3 Å². The molecule has 8 heteroatoms. The number of anilines is 1. The molecule has 1 heterocycles. The Morgan fingerprint density at radius 2 is 1.76 bits per heavy atom. The van der Waals surface area contributed by atoms with E-state index < -0.39 is 0 Å². The smallest absolute Gasteiger partial charge is 0.266 e. The molecule has 0 aliphatic carbocycles. The highest BCUT2D eigenvalue weighted by molar-refractivity contribution is 8.26. The molecule has 2 amide bonds. The van der Waals surface area contributed by atoms with E-state index in [2.05, 4.69) is 5.32 Å². The van der Waals surface area contributed by atoms with Crippen molar-refractivity contribution in [1.82, 2.24) is 4.90 Å². The van der Waals surface area contributed by atoms with E-state index in [0.717, 1.165) is 11.1 Å². The fourth-order valence-electron chi connectivity index (χ4n) is 3.24. The van der Waals surface area contributed by atoms with Gasteiger partial charge in [0, 0.05) is 0 Å². The normalized spacial score (nSPS) is 14.2. The Bertz CT molecular complexity index is 1300. The van der Waals surface area contributed by atoms with Crippen LogP contribution in [0.3, 0.4) is 0 Å². The summed E-state index contributed by atoms with van der Waals surface area (Å²) < 4.78 is 6.07. The summed E-state index contributed by atoms with van der Waals surface area (Å²) in [6.07, 6.45) is 1.79. The quantitative estimate of drug-likeness (QED) is 0.376. The average Bonchev–Trinajstić information content (AvgIpc) is 3.12. The molecule has 3 aromatic rings. The Balaban J connectivity index is 1.34. The highest BCUT2D eigenvalue weighted by atomic mass is 32.2. The molecule has 0 bridgehead atoms. The second-order valence-electron chi connectivity index (χ2n) is 7.32. The molecule has 4 rings (SSSR count). The molecule has 0 saturated carbocycles. The first-order valence-corrected chi connectivity index (χ1v) is 11.6. The van der Waals surface area contributed by atoms with E-state index in [9.17, 15) is 9.59 Å². The van der Waals surface area contributed by atoms with Gasteiger partial charge in [0.15, 0.2) is 6.61 Å². The monoisotopic (exact) mass is 485 g/mol. The van der Waals surface area contributed by atoms with Gasteiger partial charge in [-0.25, -0.2) is 0 Å². The minimum Gasteiger partial charge on any atom is -0.484 e. The van der Waals surface area contributed by atoms with Crippen molar-refractivity contribution in [2.45, 2.75) is 6.54 Å². The number of thiocarbonyl (C=S) groups is 1. The van der Waals surface area contributed by atoms with E-state index in [4.69, 9.17) is 22.2 Å². The molecule has 168 valence electrons. The van der Waals surface area contributed by atoms with Crippen molar-refractivity contribution in [3.63, 3.8) is 0 Å². The average molecular weight is 486 g/mol. The molecule has 1 N–H and O–H groups in total. The minimum atomic E-state index is -0.367. The van der Waals surface area contributed by atoms with E-state index in [1.165, 1.54) is 11.8 Å². The van der Waals surface area contributed by atoms with Crippen molar-refractivity contribution in [2.24, 2.45) is 0 Å². The Morgan fingerprint density at radius 3 is 2.50 bits per heavy atom. The summed E-state index contributed by atoms with van der Waals surface area (Å²) in [5.41, 5.74) is 2.66. The van der Waals surface area contributed by atoms with Gasteiger partial charge in [-0.15, -0.1) is 0 Å². The molecule has 0 atom stereocenters. The summed E-state index contributed by atoms with van der Waals surface area (Å²) >= 11 is 6.68. The maximum Gasteiger partial charge on any atom is 0.266 e. The number of ether oxygens (including phenoxy) is 1. The summed E-state index contributed by atoms with van der Waals surface area (Å²) in [6.45, 7) is 0.244. The second kappa shape index (κ2) is 10.8. The number of hydrogen-bond acceptors (Lipinski definition) is 6. The molecule has 6 nitrogen and oxygen atoms in total. The van der Waals surface area contributed by atoms with Crippen LogP contribution in [0.2, 0.25) is 0 Å². The summed E-state index contributed by atoms with van der Waals surface area (Å²) in [4.78, 5) is 27.2. The van der Waals surface area contributed by atoms with Gasteiger partial charge in [0.1, 0.15) is 16.1 Å². The van der Waals surface area contributed by atoms with Crippen LogP contribution in [0.15, 0.2) is 83.8 Å². The molecule has 1 aliphatic heterocycles. The molecule has 0 aromatic heterocycles. The molecule has 1 fully saturated rings. The van der Waals surface area contributed by atoms with Crippen LogP contribution in [0.4, 0.5) is 5.69 Å². The van der Waals surface area contributed by atoms with Crippen molar-refractivity contribution in [3.05, 3.63) is 100 Å². The van der Waals surface area contributed by atoms with Crippen LogP contribution in [0.1, 0.15) is 16.7 Å². The Labute approximate surface area is 206 Å². The third-order valence-electron chi connectivity index (χ3n) is 4.93. The number of thioether (sulfide) groups is 1. The lowest BCUT2D eigenvalue weighted by Gasteiger charge is -2.14. The maximum absolute atomic E-state index is 12.8. The van der Waals surface area contributed by atoms with Crippen LogP contribution in [0.5, 0.6) is 5.75 Å². The van der Waals surface area contributed by atoms with Crippen LogP contribution in [0, 0.1) is 11.3 Å². The van der Waals surface area contributed by atoms with Gasteiger partial charge in [-0.05, 0) is 41.5 Å². The topological polar surface area (TPSA) is 82.4 Å². The number of nitrogens with zero attached hydrogens (tertiary/aromatic N) is 2. The molecule has 34 heavy (non-hydrogen) atoms. The summed E-state index contributed by atoms with van der Waals surface area (Å²) in [7, 11) is 0. The minimum absolute atomic E-state index is 0.117. The maximum atomic E-state index is 12.8. The van der Waals surface area contributed by atoms with Crippen LogP contribution >= 0.6 is 24.0 Å². The first kappa shape index (κ1) is 23.2. The van der Waals surface area contributed by atoms with Gasteiger partial charge in [0.25, 0.3) is 11.8 Å². The van der Waals surface area contributed by atoms with Crippen molar-refractivity contribution in [2.75, 3.05) is 11.9 Å². The van der Waals surface area contributed by atoms with E-state index in [1.807, 2.05) is 48.5 Å². The molecule has 0 unspecified atom stereocenters. The van der Waals surface area contributed by atoms with Gasteiger partial charge < -0.3 is 10.1 Å². The van der Waals surface area contributed by atoms with E-state index in [1.54, 1.807) is 47.4 Å². The van der Waals surface area contributed by atoms with Crippen LogP contribution in [0.25, 0.3) is 6.08 Å². The molecule has 1 aliphatic rings. The third-order valence-corrected chi connectivity index (χ3v) is 6.30. The zero-order valence-corrected chi connectivity index (χ0v) is 19.6. The lowest BCUT2D eigenvalue weighted by Crippen LogP contribution is -2.27. The predicted molar refractivity (Wildman–Crippen MR) is 137 cm³/mol. The molecule has 0 radical (unpaired) electrons. The standard InChI is InChI=1S/C26H19N3O3S2/c27-15-20-8-4-5-9-22(20)28-24(30)17-32-21-12-10-18(11-13-21)14-23-25(31)29(26(33)34-23)16-19-6-2-1-3-7-19/h1-14H,16-17H2,(H,28,30)/b23-14+. The summed E-state index contributed by atoms with van der Waals surface area (Å²) in [5.74, 6) is 0.0277. The van der Waals surface area contributed by atoms with E-state index in [0.29, 0.717) is 32.8 Å². The highest BCUT2D eigenvalue weighted by Gasteiger charge is 2.31. The SMILES string of the molecule is N#Cc1ccccc1NC(=O)COc1ccc(/C=C2/SC(=S)N(Cc3ccccc3)C2=O)cc1. The Kier molecular flexibility index (Phi) is 7.38. The van der Waals surface area contributed by atoms with Gasteiger partial charge >= 0.3 is 0 Å². The zero-order valence-electron chi connectivity index (χ0n) is 17.9. The fourth-order valence-corrected chi connectivity index (χ4v) is 4.49. The summed E-state index contributed by atoms with van der Waals surface area (Å²) in [5, 5.41) is 11.8. The number of carbonyl (C=O) groups is 2. The van der Waals surface area contributed by atoms with Crippen LogP contribution in [-0.4, -0.2) is 27.6 Å². The first-order chi connectivity index (χ1) is 16.5. The molecule has 0 spiro atoms. The molecular formula is C26H19N3O3S2. The van der Waals surface area contributed by atoms with Crippen LogP contribution in [-0.2, 0) is 16.1 Å². The lowest BCUT2D eigenvalue weighted by atomic mass is 10.2. The van der Waals surface area contributed by atoms with Crippen molar-refractivity contribution >= 4 is 51.9 Å². The molecule has 3 aromatic carbocycles. The zero-order chi connectivity index (χ0) is 23.9. The number of benzene rings is 3. The van der Waals surface area contributed by atoms with Gasteiger partial charge in [-0.3, -0.25) is 14.5 Å². The van der Waals surface area contributed by atoms with Gasteiger partial charge in [0.2, 0.25) is 0 Å². The van der Waals surface area contributed by atoms with E-state index in [-0.39, 0.29) is 18.4 Å². The fraction of sp³-hybridized carbons (Fsp3) is 0.0769. The number of nitrogens with one attached hydrogen (secondary N) is 1. The summed E-state index contributed by atoms with van der Waals surface area (Å²) in [6, 6.07) is 25.6. The molecular weight excluding hydrogens is 466 g/mol. The van der Waals surface area contributed by atoms with Gasteiger partial charge in [-0.2, -0.15) is 5.26 Å². The number of carbonyl (C=O) groups excluding carboxylic acids is 2. The first-order valence-electron chi connectivity index (χ1n) is 10.3. The van der Waals surface area contributed by atoms with Gasteiger partial charge in [-0.1, -0.05) is 78.6 Å². The second-order valence-corrected chi connectivity index (χ2v) is 8.99. The Morgan fingerprint density at radius 1 is 1.06 bits per heavy atom. The van der Waals surface area contributed by atoms with E-state index >= 15 is 0 Å².